The lowest BCUT2D eigenvalue weighted by atomic mass is 10.0. The molecule has 4 nitrogen and oxygen atoms in total. The zero-order valence-electron chi connectivity index (χ0n) is 12.6. The number of ether oxygens (including phenoxy) is 1. The van der Waals surface area contributed by atoms with Crippen LogP contribution in [0.4, 0.5) is 0 Å². The van der Waals surface area contributed by atoms with Crippen LogP contribution in [-0.2, 0) is 11.2 Å². The first-order valence-electron chi connectivity index (χ1n) is 7.43. The molecule has 1 aliphatic carbocycles. The van der Waals surface area contributed by atoms with E-state index >= 15 is 0 Å². The van der Waals surface area contributed by atoms with Crippen LogP contribution in [0.2, 0.25) is 5.02 Å². The molecular formula is C16H23ClN2O2. The average molecular weight is 311 g/mol. The highest BCUT2D eigenvalue weighted by molar-refractivity contribution is 6.30. The van der Waals surface area contributed by atoms with Crippen LogP contribution < -0.4 is 10.5 Å². The zero-order valence-corrected chi connectivity index (χ0v) is 13.4. The van der Waals surface area contributed by atoms with E-state index in [2.05, 4.69) is 0 Å². The molecule has 0 bridgehead atoms. The molecule has 1 saturated carbocycles. The summed E-state index contributed by atoms with van der Waals surface area (Å²) in [7, 11) is 1.83. The second-order valence-electron chi connectivity index (χ2n) is 5.65. The lowest BCUT2D eigenvalue weighted by molar-refractivity contribution is -0.132. The van der Waals surface area contributed by atoms with Gasteiger partial charge >= 0.3 is 0 Å². The number of nitrogens with two attached hydrogens (primary N) is 1. The highest BCUT2D eigenvalue weighted by Gasteiger charge is 2.29. The van der Waals surface area contributed by atoms with Gasteiger partial charge in [-0.05, 0) is 49.4 Å². The second-order valence-corrected chi connectivity index (χ2v) is 6.09. The van der Waals surface area contributed by atoms with Crippen molar-refractivity contribution in [1.82, 2.24) is 4.90 Å². The molecule has 0 spiro atoms. The molecule has 0 radical (unpaired) electrons. The van der Waals surface area contributed by atoms with Crippen LogP contribution in [0, 0.1) is 0 Å². The number of carbonyl (C=O) groups excluding carboxylic acids is 1. The first kappa shape index (κ1) is 16.1. The molecule has 0 aromatic heterocycles. The lowest BCUT2D eigenvalue weighted by Gasteiger charge is -2.18. The molecule has 21 heavy (non-hydrogen) atoms. The van der Waals surface area contributed by atoms with Crippen molar-refractivity contribution >= 4 is 17.5 Å². The van der Waals surface area contributed by atoms with E-state index in [1.165, 1.54) is 0 Å². The van der Waals surface area contributed by atoms with E-state index in [9.17, 15) is 4.79 Å². The predicted octanol–water partition coefficient (Wildman–Crippen LogP) is 2.62. The zero-order chi connectivity index (χ0) is 15.4. The summed E-state index contributed by atoms with van der Waals surface area (Å²) >= 11 is 6.03. The second kappa shape index (κ2) is 7.14. The minimum Gasteiger partial charge on any atom is -0.483 e. The third kappa shape index (κ3) is 4.61. The van der Waals surface area contributed by atoms with Crippen molar-refractivity contribution in [3.8, 4) is 5.75 Å². The van der Waals surface area contributed by atoms with Crippen molar-refractivity contribution in [2.75, 3.05) is 13.7 Å². The minimum absolute atomic E-state index is 0.0122. The normalized spacial score (nSPS) is 15.6. The Hall–Kier alpha value is -1.26. The summed E-state index contributed by atoms with van der Waals surface area (Å²) in [5.74, 6) is 0.707. The SMILES string of the molecule is CCC(N)Cc1cc(Cl)ccc1OCC(=O)N(C)C1CC1. The van der Waals surface area contributed by atoms with E-state index in [0.717, 1.165) is 24.8 Å². The van der Waals surface area contributed by atoms with E-state index in [4.69, 9.17) is 22.1 Å². The quantitative estimate of drug-likeness (QED) is 0.842. The Labute approximate surface area is 131 Å². The van der Waals surface area contributed by atoms with Gasteiger partial charge in [0, 0.05) is 24.2 Å². The van der Waals surface area contributed by atoms with Gasteiger partial charge in [0.25, 0.3) is 5.91 Å². The van der Waals surface area contributed by atoms with Gasteiger partial charge in [0.1, 0.15) is 5.75 Å². The highest BCUT2D eigenvalue weighted by Crippen LogP contribution is 2.27. The summed E-state index contributed by atoms with van der Waals surface area (Å²) in [5.41, 5.74) is 6.96. The number of likely N-dealkylation sites (N-methyl/N-ethyl adjacent to an activating group) is 1. The van der Waals surface area contributed by atoms with E-state index < -0.39 is 0 Å². The number of amides is 1. The fourth-order valence-corrected chi connectivity index (χ4v) is 2.38. The largest absolute Gasteiger partial charge is 0.483 e. The third-order valence-electron chi connectivity index (χ3n) is 3.87. The molecule has 5 heteroatoms. The molecule has 0 aliphatic heterocycles. The molecular weight excluding hydrogens is 288 g/mol. The van der Waals surface area contributed by atoms with Gasteiger partial charge in [0.15, 0.2) is 6.61 Å². The van der Waals surface area contributed by atoms with Crippen LogP contribution in [-0.4, -0.2) is 36.5 Å². The molecule has 1 amide bonds. The summed E-state index contributed by atoms with van der Waals surface area (Å²) in [6.07, 6.45) is 3.77. The average Bonchev–Trinajstić information content (AvgIpc) is 3.29. The van der Waals surface area contributed by atoms with Crippen LogP contribution in [0.1, 0.15) is 31.7 Å². The highest BCUT2D eigenvalue weighted by atomic mass is 35.5. The van der Waals surface area contributed by atoms with Gasteiger partial charge in [-0.15, -0.1) is 0 Å². The molecule has 0 heterocycles. The molecule has 2 N–H and O–H groups in total. The monoisotopic (exact) mass is 310 g/mol. The maximum atomic E-state index is 12.0. The van der Waals surface area contributed by atoms with E-state index in [1.54, 1.807) is 11.0 Å². The number of hydrogen-bond donors (Lipinski definition) is 1. The van der Waals surface area contributed by atoms with Crippen molar-refractivity contribution in [1.29, 1.82) is 0 Å². The van der Waals surface area contributed by atoms with Crippen LogP contribution >= 0.6 is 11.6 Å². The Bertz CT molecular complexity index is 503. The molecule has 2 rings (SSSR count). The third-order valence-corrected chi connectivity index (χ3v) is 4.10. The molecule has 1 atom stereocenters. The van der Waals surface area contributed by atoms with Gasteiger partial charge in [-0.3, -0.25) is 4.79 Å². The Morgan fingerprint density at radius 1 is 1.52 bits per heavy atom. The molecule has 0 saturated heterocycles. The summed E-state index contributed by atoms with van der Waals surface area (Å²) in [6.45, 7) is 2.10. The van der Waals surface area contributed by atoms with Crippen molar-refractivity contribution < 1.29 is 9.53 Å². The fourth-order valence-electron chi connectivity index (χ4n) is 2.18. The smallest absolute Gasteiger partial charge is 0.260 e. The summed E-state index contributed by atoms with van der Waals surface area (Å²) in [4.78, 5) is 13.8. The fraction of sp³-hybridized carbons (Fsp3) is 0.562. The van der Waals surface area contributed by atoms with Gasteiger partial charge < -0.3 is 15.4 Å². The van der Waals surface area contributed by atoms with Crippen LogP contribution in [0.5, 0.6) is 5.75 Å². The molecule has 1 aromatic carbocycles. The van der Waals surface area contributed by atoms with E-state index in [0.29, 0.717) is 23.2 Å². The molecule has 1 aliphatic rings. The number of halogens is 1. The van der Waals surface area contributed by atoms with Gasteiger partial charge in [0.2, 0.25) is 0 Å². The lowest BCUT2D eigenvalue weighted by Crippen LogP contribution is -2.33. The number of hydrogen-bond acceptors (Lipinski definition) is 3. The maximum Gasteiger partial charge on any atom is 0.260 e. The summed E-state index contributed by atoms with van der Waals surface area (Å²) < 4.78 is 5.69. The van der Waals surface area contributed by atoms with Crippen LogP contribution in [0.15, 0.2) is 18.2 Å². The summed E-state index contributed by atoms with van der Waals surface area (Å²) in [6, 6.07) is 5.91. The number of nitrogens with zero attached hydrogens (tertiary/aromatic N) is 1. The Morgan fingerprint density at radius 2 is 2.24 bits per heavy atom. The minimum atomic E-state index is 0.0122. The molecule has 1 fully saturated rings. The van der Waals surface area contributed by atoms with Crippen LogP contribution in [0.3, 0.4) is 0 Å². The first-order valence-corrected chi connectivity index (χ1v) is 7.81. The summed E-state index contributed by atoms with van der Waals surface area (Å²) in [5, 5.41) is 0.655. The Morgan fingerprint density at radius 3 is 2.86 bits per heavy atom. The first-order chi connectivity index (χ1) is 10.0. The molecule has 116 valence electrons. The van der Waals surface area contributed by atoms with Gasteiger partial charge in [-0.25, -0.2) is 0 Å². The van der Waals surface area contributed by atoms with Crippen molar-refractivity contribution in [3.05, 3.63) is 28.8 Å². The molecule has 1 aromatic rings. The topological polar surface area (TPSA) is 55.6 Å². The predicted molar refractivity (Wildman–Crippen MR) is 84.7 cm³/mol. The molecule has 1 unspecified atom stereocenters. The van der Waals surface area contributed by atoms with Gasteiger partial charge in [0.05, 0.1) is 0 Å². The Kier molecular flexibility index (Phi) is 5.48. The van der Waals surface area contributed by atoms with Gasteiger partial charge in [-0.2, -0.15) is 0 Å². The number of benzene rings is 1. The van der Waals surface area contributed by atoms with Gasteiger partial charge in [-0.1, -0.05) is 18.5 Å². The maximum absolute atomic E-state index is 12.0. The Balaban J connectivity index is 1.99. The van der Waals surface area contributed by atoms with Crippen molar-refractivity contribution in [2.45, 2.75) is 44.7 Å². The standard InChI is InChI=1S/C16H23ClN2O2/c1-3-13(18)9-11-8-12(17)4-7-15(11)21-10-16(20)19(2)14-5-6-14/h4,7-8,13-14H,3,5-6,9-10,18H2,1-2H3. The van der Waals surface area contributed by atoms with Crippen molar-refractivity contribution in [2.24, 2.45) is 5.73 Å². The number of carbonyl (C=O) groups is 1. The van der Waals surface area contributed by atoms with E-state index in [1.807, 2.05) is 26.1 Å². The van der Waals surface area contributed by atoms with E-state index in [-0.39, 0.29) is 18.6 Å². The van der Waals surface area contributed by atoms with Crippen molar-refractivity contribution in [3.63, 3.8) is 0 Å². The van der Waals surface area contributed by atoms with Crippen LogP contribution in [0.25, 0.3) is 0 Å². The number of rotatable bonds is 7.